The van der Waals surface area contributed by atoms with Gasteiger partial charge in [-0.15, -0.1) is 0 Å². The zero-order chi connectivity index (χ0) is 13.1. The molecular formula is C13H7BrClNO2. The summed E-state index contributed by atoms with van der Waals surface area (Å²) in [5.41, 5.74) is 0.878. The first-order valence-electron chi connectivity index (χ1n) is 5.04. The van der Waals surface area contributed by atoms with Gasteiger partial charge < -0.3 is 0 Å². The van der Waals surface area contributed by atoms with Gasteiger partial charge >= 0.3 is 0 Å². The fourth-order valence-electron chi connectivity index (χ4n) is 1.33. The Bertz CT molecular complexity index is 600. The van der Waals surface area contributed by atoms with Gasteiger partial charge in [0.2, 0.25) is 0 Å². The summed E-state index contributed by atoms with van der Waals surface area (Å²) in [6, 6.07) is 6.46. The number of carbonyl (C=O) groups excluding carboxylic acids is 2. The van der Waals surface area contributed by atoms with Crippen LogP contribution in [0, 0.1) is 0 Å². The number of allylic oxidation sites excluding steroid dienone is 4. The molecule has 1 aliphatic rings. The molecule has 90 valence electrons. The van der Waals surface area contributed by atoms with Crippen molar-refractivity contribution in [1.29, 1.82) is 0 Å². The Balaban J connectivity index is 2.24. The number of rotatable bonds is 1. The van der Waals surface area contributed by atoms with Crippen LogP contribution in [0.25, 0.3) is 0 Å². The highest BCUT2D eigenvalue weighted by Crippen LogP contribution is 2.14. The minimum Gasteiger partial charge on any atom is -0.289 e. The number of halogens is 2. The molecule has 0 saturated carbocycles. The number of amides is 1. The first-order chi connectivity index (χ1) is 8.56. The van der Waals surface area contributed by atoms with Crippen molar-refractivity contribution in [1.82, 2.24) is 0 Å². The third-order valence-electron chi connectivity index (χ3n) is 2.24. The van der Waals surface area contributed by atoms with Crippen molar-refractivity contribution in [2.45, 2.75) is 0 Å². The van der Waals surface area contributed by atoms with Crippen LogP contribution in [-0.2, 0) is 4.79 Å². The fraction of sp³-hybridized carbons (Fsp3) is 0. The smallest absolute Gasteiger partial charge is 0.277 e. The lowest BCUT2D eigenvalue weighted by molar-refractivity contribution is -0.110. The summed E-state index contributed by atoms with van der Waals surface area (Å²) in [7, 11) is 0. The Morgan fingerprint density at radius 2 is 1.83 bits per heavy atom. The van der Waals surface area contributed by atoms with Gasteiger partial charge in [0, 0.05) is 10.6 Å². The third-order valence-corrected chi connectivity index (χ3v) is 3.11. The molecule has 0 aromatic heterocycles. The van der Waals surface area contributed by atoms with Gasteiger partial charge in [-0.25, -0.2) is 4.99 Å². The highest BCUT2D eigenvalue weighted by atomic mass is 79.9. The fourth-order valence-corrected chi connectivity index (χ4v) is 1.83. The van der Waals surface area contributed by atoms with Crippen molar-refractivity contribution < 1.29 is 9.59 Å². The lowest BCUT2D eigenvalue weighted by Crippen LogP contribution is -2.06. The van der Waals surface area contributed by atoms with E-state index in [0.29, 0.717) is 20.8 Å². The summed E-state index contributed by atoms with van der Waals surface area (Å²) >= 11 is 8.83. The second-order valence-electron chi connectivity index (χ2n) is 3.54. The van der Waals surface area contributed by atoms with Gasteiger partial charge in [0.15, 0.2) is 5.78 Å². The van der Waals surface area contributed by atoms with Crippen LogP contribution in [0.5, 0.6) is 0 Å². The van der Waals surface area contributed by atoms with E-state index in [4.69, 9.17) is 11.6 Å². The highest BCUT2D eigenvalue weighted by Gasteiger charge is 2.11. The molecule has 3 nitrogen and oxygen atoms in total. The van der Waals surface area contributed by atoms with E-state index in [2.05, 4.69) is 20.9 Å². The Kier molecular flexibility index (Phi) is 3.89. The number of aliphatic imine (C=N–C) groups is 1. The molecule has 1 aromatic carbocycles. The first-order valence-corrected chi connectivity index (χ1v) is 6.21. The summed E-state index contributed by atoms with van der Waals surface area (Å²) in [6.07, 6.45) is 4.37. The minimum absolute atomic E-state index is 0.145. The number of ketones is 1. The molecule has 0 radical (unpaired) electrons. The predicted molar refractivity (Wildman–Crippen MR) is 74.4 cm³/mol. The van der Waals surface area contributed by atoms with E-state index in [-0.39, 0.29) is 11.7 Å². The normalized spacial score (nSPS) is 16.9. The summed E-state index contributed by atoms with van der Waals surface area (Å²) in [5, 5.41) is 0.560. The van der Waals surface area contributed by atoms with Crippen molar-refractivity contribution in [2.24, 2.45) is 4.99 Å². The second kappa shape index (κ2) is 5.42. The lowest BCUT2D eigenvalue weighted by Gasteiger charge is -2.02. The highest BCUT2D eigenvalue weighted by molar-refractivity contribution is 9.12. The van der Waals surface area contributed by atoms with E-state index in [9.17, 15) is 9.59 Å². The van der Waals surface area contributed by atoms with Crippen molar-refractivity contribution >= 4 is 44.9 Å². The van der Waals surface area contributed by atoms with E-state index in [1.54, 1.807) is 24.3 Å². The Labute approximate surface area is 117 Å². The molecule has 0 spiro atoms. The Hall–Kier alpha value is -1.52. The minimum atomic E-state index is -0.378. The van der Waals surface area contributed by atoms with Crippen molar-refractivity contribution in [3.05, 3.63) is 57.6 Å². The van der Waals surface area contributed by atoms with Gasteiger partial charge in [-0.05, 0) is 58.4 Å². The van der Waals surface area contributed by atoms with E-state index >= 15 is 0 Å². The van der Waals surface area contributed by atoms with Gasteiger partial charge in [-0.3, -0.25) is 9.59 Å². The Morgan fingerprint density at radius 1 is 1.17 bits per heavy atom. The molecule has 0 unspecified atom stereocenters. The van der Waals surface area contributed by atoms with Crippen LogP contribution in [0.15, 0.2) is 52.0 Å². The topological polar surface area (TPSA) is 46.5 Å². The maximum absolute atomic E-state index is 11.8. The van der Waals surface area contributed by atoms with Gasteiger partial charge in [0.05, 0.1) is 10.2 Å². The van der Waals surface area contributed by atoms with Crippen molar-refractivity contribution in [3.63, 3.8) is 0 Å². The van der Waals surface area contributed by atoms with Crippen LogP contribution >= 0.6 is 27.5 Å². The summed E-state index contributed by atoms with van der Waals surface area (Å²) in [4.78, 5) is 26.9. The SMILES string of the molecule is O=C1C=CC(=NC(=O)c2ccc(Cl)cc2)C=C1Br. The molecule has 1 aliphatic carbocycles. The zero-order valence-electron chi connectivity index (χ0n) is 9.06. The van der Waals surface area contributed by atoms with Crippen LogP contribution < -0.4 is 0 Å². The zero-order valence-corrected chi connectivity index (χ0v) is 11.4. The summed E-state index contributed by atoms with van der Waals surface area (Å²) < 4.78 is 0.382. The first kappa shape index (κ1) is 12.9. The number of hydrogen-bond acceptors (Lipinski definition) is 2. The molecule has 2 rings (SSSR count). The third kappa shape index (κ3) is 3.03. The van der Waals surface area contributed by atoms with E-state index in [1.807, 2.05) is 0 Å². The molecule has 0 N–H and O–H groups in total. The molecule has 0 heterocycles. The lowest BCUT2D eigenvalue weighted by atomic mass is 10.1. The van der Waals surface area contributed by atoms with Crippen LogP contribution in [0.1, 0.15) is 10.4 Å². The monoisotopic (exact) mass is 323 g/mol. The maximum Gasteiger partial charge on any atom is 0.277 e. The maximum atomic E-state index is 11.8. The number of benzene rings is 1. The average Bonchev–Trinajstić information content (AvgIpc) is 2.34. The quantitative estimate of drug-likeness (QED) is 0.744. The number of carbonyl (C=O) groups is 2. The van der Waals surface area contributed by atoms with Crippen molar-refractivity contribution in [3.8, 4) is 0 Å². The largest absolute Gasteiger partial charge is 0.289 e. The summed E-state index contributed by atoms with van der Waals surface area (Å²) in [6.45, 7) is 0. The molecular weight excluding hydrogens is 318 g/mol. The standard InChI is InChI=1S/C13H7BrClNO2/c14-11-7-10(5-6-12(11)17)16-13(18)8-1-3-9(15)4-2-8/h1-7H. The van der Waals surface area contributed by atoms with E-state index in [0.717, 1.165) is 0 Å². The Morgan fingerprint density at radius 3 is 2.44 bits per heavy atom. The summed E-state index contributed by atoms with van der Waals surface area (Å²) in [5.74, 6) is -0.523. The van der Waals surface area contributed by atoms with Crippen LogP contribution in [0.2, 0.25) is 5.02 Å². The second-order valence-corrected chi connectivity index (χ2v) is 4.83. The number of nitrogens with zero attached hydrogens (tertiary/aromatic N) is 1. The molecule has 1 aromatic rings. The molecule has 0 fully saturated rings. The molecule has 0 atom stereocenters. The van der Waals surface area contributed by atoms with Gasteiger partial charge in [-0.2, -0.15) is 0 Å². The van der Waals surface area contributed by atoms with Gasteiger partial charge in [0.1, 0.15) is 0 Å². The van der Waals surface area contributed by atoms with E-state index in [1.165, 1.54) is 18.2 Å². The van der Waals surface area contributed by atoms with Gasteiger partial charge in [-0.1, -0.05) is 11.6 Å². The molecule has 0 aliphatic heterocycles. The van der Waals surface area contributed by atoms with Crippen LogP contribution in [0.4, 0.5) is 0 Å². The van der Waals surface area contributed by atoms with Crippen molar-refractivity contribution in [2.75, 3.05) is 0 Å². The molecule has 0 saturated heterocycles. The predicted octanol–water partition coefficient (Wildman–Crippen LogP) is 3.34. The number of hydrogen-bond donors (Lipinski definition) is 0. The average molecular weight is 325 g/mol. The molecule has 5 heteroatoms. The molecule has 0 bridgehead atoms. The molecule has 1 amide bonds. The molecule has 18 heavy (non-hydrogen) atoms. The van der Waals surface area contributed by atoms with Crippen LogP contribution in [-0.4, -0.2) is 17.4 Å². The van der Waals surface area contributed by atoms with Gasteiger partial charge in [0.25, 0.3) is 5.91 Å². The van der Waals surface area contributed by atoms with Crippen LogP contribution in [0.3, 0.4) is 0 Å². The van der Waals surface area contributed by atoms with E-state index < -0.39 is 0 Å².